The van der Waals surface area contributed by atoms with E-state index in [1.807, 2.05) is 17.0 Å². The largest absolute Gasteiger partial charge is 0.492 e. The van der Waals surface area contributed by atoms with Gasteiger partial charge in [-0.1, -0.05) is 0 Å². The number of aromatic nitrogens is 2. The van der Waals surface area contributed by atoms with Crippen LogP contribution in [0.2, 0.25) is 0 Å². The number of piperidine rings is 1. The smallest absolute Gasteiger partial charge is 0.275 e. The van der Waals surface area contributed by atoms with Crippen LogP contribution in [0.25, 0.3) is 0 Å². The lowest BCUT2D eigenvalue weighted by molar-refractivity contribution is -0.0649. The fourth-order valence-electron chi connectivity index (χ4n) is 4.07. The van der Waals surface area contributed by atoms with Crippen LogP contribution in [0.1, 0.15) is 36.2 Å². The van der Waals surface area contributed by atoms with Gasteiger partial charge in [-0.05, 0) is 43.7 Å². The van der Waals surface area contributed by atoms with Gasteiger partial charge in [0.05, 0.1) is 18.4 Å². The van der Waals surface area contributed by atoms with Gasteiger partial charge in [-0.15, -0.1) is 0 Å². The molecule has 2 aromatic rings. The molecule has 7 nitrogen and oxygen atoms in total. The van der Waals surface area contributed by atoms with E-state index in [4.69, 9.17) is 13.9 Å². The first-order valence-electron chi connectivity index (χ1n) is 9.11. The molecule has 2 aliphatic rings. The maximum atomic E-state index is 12.4. The van der Waals surface area contributed by atoms with E-state index < -0.39 is 0 Å². The summed E-state index contributed by atoms with van der Waals surface area (Å²) in [7, 11) is 0. The predicted molar refractivity (Wildman–Crippen MR) is 92.8 cm³/mol. The van der Waals surface area contributed by atoms with Gasteiger partial charge >= 0.3 is 0 Å². The molecular weight excluding hydrogens is 334 g/mol. The number of hydrogen-bond donors (Lipinski definition) is 0. The van der Waals surface area contributed by atoms with E-state index in [2.05, 4.69) is 9.97 Å². The van der Waals surface area contributed by atoms with E-state index in [-0.39, 0.29) is 11.5 Å². The van der Waals surface area contributed by atoms with E-state index in [1.165, 1.54) is 12.7 Å². The maximum Gasteiger partial charge on any atom is 0.275 e. The molecule has 2 aromatic heterocycles. The summed E-state index contributed by atoms with van der Waals surface area (Å²) in [5, 5.41) is 0. The Bertz CT molecular complexity index is 712. The molecule has 0 aliphatic carbocycles. The Balaban J connectivity index is 1.31. The molecule has 1 spiro atoms. The van der Waals surface area contributed by atoms with Crippen molar-refractivity contribution in [2.24, 2.45) is 5.92 Å². The number of oxazole rings is 1. The van der Waals surface area contributed by atoms with Crippen molar-refractivity contribution < 1.29 is 18.7 Å². The number of amides is 1. The summed E-state index contributed by atoms with van der Waals surface area (Å²) in [6.07, 6.45) is 9.87. The summed E-state index contributed by atoms with van der Waals surface area (Å²) in [5.41, 5.74) is 0.244. The van der Waals surface area contributed by atoms with Gasteiger partial charge in [0.1, 0.15) is 12.0 Å². The number of carbonyl (C=O) groups is 1. The Morgan fingerprint density at radius 2 is 2.27 bits per heavy atom. The second-order valence-electron chi connectivity index (χ2n) is 6.89. The Morgan fingerprint density at radius 3 is 3.00 bits per heavy atom. The minimum atomic E-state index is -0.126. The fourth-order valence-corrected chi connectivity index (χ4v) is 4.07. The van der Waals surface area contributed by atoms with E-state index in [9.17, 15) is 4.79 Å². The van der Waals surface area contributed by atoms with Gasteiger partial charge in [0.2, 0.25) is 0 Å². The quantitative estimate of drug-likeness (QED) is 0.818. The average Bonchev–Trinajstić information content (AvgIpc) is 3.34. The minimum Gasteiger partial charge on any atom is -0.492 e. The van der Waals surface area contributed by atoms with Gasteiger partial charge in [0, 0.05) is 25.9 Å². The number of carbonyl (C=O) groups excluding carboxylic acids is 1. The molecule has 0 aromatic carbocycles. The van der Waals surface area contributed by atoms with Crippen LogP contribution in [0.15, 0.2) is 41.6 Å². The number of likely N-dealkylation sites (tertiary alicyclic amines) is 1. The molecule has 0 N–H and O–H groups in total. The summed E-state index contributed by atoms with van der Waals surface area (Å²) in [5.74, 6) is 1.19. The Morgan fingerprint density at radius 1 is 1.38 bits per heavy atom. The summed E-state index contributed by atoms with van der Waals surface area (Å²) in [6, 6.07) is 3.79. The first kappa shape index (κ1) is 17.0. The normalized spacial score (nSPS) is 21.8. The number of hydrogen-bond acceptors (Lipinski definition) is 6. The molecule has 4 heterocycles. The van der Waals surface area contributed by atoms with E-state index in [1.54, 1.807) is 12.4 Å². The van der Waals surface area contributed by atoms with Crippen LogP contribution in [0, 0.1) is 5.92 Å². The average molecular weight is 357 g/mol. The van der Waals surface area contributed by atoms with Gasteiger partial charge in [-0.25, -0.2) is 4.98 Å². The molecule has 0 radical (unpaired) electrons. The molecule has 1 unspecified atom stereocenters. The highest BCUT2D eigenvalue weighted by Gasteiger charge is 2.46. The van der Waals surface area contributed by atoms with Crippen molar-refractivity contribution in [3.63, 3.8) is 0 Å². The molecule has 0 saturated carbocycles. The zero-order valence-electron chi connectivity index (χ0n) is 14.7. The molecule has 2 fully saturated rings. The zero-order chi connectivity index (χ0) is 17.8. The number of pyridine rings is 1. The summed E-state index contributed by atoms with van der Waals surface area (Å²) >= 11 is 0. The van der Waals surface area contributed by atoms with Crippen molar-refractivity contribution in [3.05, 3.63) is 42.9 Å². The SMILES string of the molecule is O=C(c1cocn1)N1CCC2(CC1)OCCC2CCOc1cccnc1. The summed E-state index contributed by atoms with van der Waals surface area (Å²) in [6.45, 7) is 2.81. The van der Waals surface area contributed by atoms with Crippen molar-refractivity contribution in [2.75, 3.05) is 26.3 Å². The van der Waals surface area contributed by atoms with Gasteiger partial charge < -0.3 is 18.8 Å². The van der Waals surface area contributed by atoms with Crippen LogP contribution in [-0.2, 0) is 4.74 Å². The predicted octanol–water partition coefficient (Wildman–Crippen LogP) is 2.55. The van der Waals surface area contributed by atoms with Crippen LogP contribution < -0.4 is 4.74 Å². The minimum absolute atomic E-state index is 0.0666. The molecule has 1 atom stereocenters. The Labute approximate surface area is 152 Å². The molecule has 7 heteroatoms. The van der Waals surface area contributed by atoms with Gasteiger partial charge in [-0.2, -0.15) is 0 Å². The second-order valence-corrected chi connectivity index (χ2v) is 6.89. The van der Waals surface area contributed by atoms with Crippen LogP contribution in [0.5, 0.6) is 5.75 Å². The second kappa shape index (κ2) is 7.45. The third kappa shape index (κ3) is 3.44. The lowest BCUT2D eigenvalue weighted by Gasteiger charge is -2.42. The number of rotatable bonds is 5. The Hall–Kier alpha value is -2.41. The van der Waals surface area contributed by atoms with Gasteiger partial charge in [0.15, 0.2) is 12.1 Å². The monoisotopic (exact) mass is 357 g/mol. The van der Waals surface area contributed by atoms with Crippen molar-refractivity contribution in [2.45, 2.75) is 31.3 Å². The standard InChI is InChI=1S/C19H23N3O4/c23-18(17-13-24-14-21-17)22-8-5-19(6-9-22)15(4-11-26-19)3-10-25-16-2-1-7-20-12-16/h1-2,7,12-15H,3-6,8-11H2. The summed E-state index contributed by atoms with van der Waals surface area (Å²) < 4.78 is 16.9. The third-order valence-corrected chi connectivity index (χ3v) is 5.52. The highest BCUT2D eigenvalue weighted by atomic mass is 16.5. The van der Waals surface area contributed by atoms with E-state index in [0.717, 1.165) is 38.0 Å². The highest BCUT2D eigenvalue weighted by molar-refractivity contribution is 5.91. The Kier molecular flexibility index (Phi) is 4.88. The first-order valence-corrected chi connectivity index (χ1v) is 9.11. The molecular formula is C19H23N3O4. The fraction of sp³-hybridized carbons (Fsp3) is 0.526. The van der Waals surface area contributed by atoms with E-state index in [0.29, 0.717) is 31.3 Å². The van der Waals surface area contributed by atoms with Gasteiger partial charge in [0.25, 0.3) is 5.91 Å². The van der Waals surface area contributed by atoms with Crippen molar-refractivity contribution in [1.29, 1.82) is 0 Å². The van der Waals surface area contributed by atoms with Crippen molar-refractivity contribution in [3.8, 4) is 5.75 Å². The van der Waals surface area contributed by atoms with Crippen LogP contribution in [0.4, 0.5) is 0 Å². The van der Waals surface area contributed by atoms with Crippen molar-refractivity contribution in [1.82, 2.24) is 14.9 Å². The van der Waals surface area contributed by atoms with Gasteiger partial charge in [-0.3, -0.25) is 9.78 Å². The highest BCUT2D eigenvalue weighted by Crippen LogP contribution is 2.42. The van der Waals surface area contributed by atoms with Crippen molar-refractivity contribution >= 4 is 5.91 Å². The summed E-state index contributed by atoms with van der Waals surface area (Å²) in [4.78, 5) is 22.3. The first-order chi connectivity index (χ1) is 12.8. The maximum absolute atomic E-state index is 12.4. The molecule has 2 aliphatic heterocycles. The van der Waals surface area contributed by atoms with Crippen LogP contribution in [-0.4, -0.2) is 52.7 Å². The number of nitrogens with zero attached hydrogens (tertiary/aromatic N) is 3. The number of ether oxygens (including phenoxy) is 2. The molecule has 4 rings (SSSR count). The topological polar surface area (TPSA) is 77.7 Å². The third-order valence-electron chi connectivity index (χ3n) is 5.52. The molecule has 138 valence electrons. The lowest BCUT2D eigenvalue weighted by Crippen LogP contribution is -2.49. The van der Waals surface area contributed by atoms with E-state index >= 15 is 0 Å². The zero-order valence-corrected chi connectivity index (χ0v) is 14.7. The lowest BCUT2D eigenvalue weighted by atomic mass is 9.78. The van der Waals surface area contributed by atoms with Crippen LogP contribution >= 0.6 is 0 Å². The molecule has 0 bridgehead atoms. The molecule has 26 heavy (non-hydrogen) atoms. The van der Waals surface area contributed by atoms with Crippen LogP contribution in [0.3, 0.4) is 0 Å². The molecule has 1 amide bonds. The molecule has 2 saturated heterocycles.